The van der Waals surface area contributed by atoms with E-state index >= 15 is 0 Å². The Hall–Kier alpha value is 0. The smallest absolute Gasteiger partial charge is 0.0391 e. The molecule has 0 bridgehead atoms. The second kappa shape index (κ2) is 5.67. The Morgan fingerprint density at radius 2 is 0.923 bits per heavy atom. The van der Waals surface area contributed by atoms with E-state index in [1.807, 2.05) is 0 Å². The molecule has 0 saturated heterocycles. The highest BCUT2D eigenvalue weighted by Gasteiger charge is 2.24. The molecule has 0 nitrogen and oxygen atoms in total. The van der Waals surface area contributed by atoms with Crippen molar-refractivity contribution in [1.29, 1.82) is 0 Å². The molecule has 0 aromatic heterocycles. The van der Waals surface area contributed by atoms with Gasteiger partial charge in [0.15, 0.2) is 0 Å². The van der Waals surface area contributed by atoms with Gasteiger partial charge >= 0.3 is 0 Å². The minimum absolute atomic E-state index is 0. The molecule has 1 aliphatic carbocycles. The zero-order chi connectivity index (χ0) is 9.14. The second-order valence-electron chi connectivity index (χ2n) is 5.16. The van der Waals surface area contributed by atoms with Crippen LogP contribution in [0.25, 0.3) is 0 Å². The molecular formula is C13H28. The SMILES string of the molecule is C.CC(C)C1CCC(C(C)C)CC1. The molecule has 0 atom stereocenters. The summed E-state index contributed by atoms with van der Waals surface area (Å²) >= 11 is 0. The molecular weight excluding hydrogens is 156 g/mol. The highest BCUT2D eigenvalue weighted by molar-refractivity contribution is 4.75. The van der Waals surface area contributed by atoms with Crippen LogP contribution in [0.3, 0.4) is 0 Å². The van der Waals surface area contributed by atoms with Crippen molar-refractivity contribution in [2.24, 2.45) is 23.7 Å². The molecule has 0 unspecified atom stereocenters. The lowest BCUT2D eigenvalue weighted by molar-refractivity contribution is 0.189. The molecule has 0 aliphatic heterocycles. The quantitative estimate of drug-likeness (QED) is 0.581. The van der Waals surface area contributed by atoms with Crippen LogP contribution in [0.1, 0.15) is 60.8 Å². The van der Waals surface area contributed by atoms with E-state index < -0.39 is 0 Å². The average Bonchev–Trinajstić information content (AvgIpc) is 2.04. The first-order valence-electron chi connectivity index (χ1n) is 5.61. The summed E-state index contributed by atoms with van der Waals surface area (Å²) in [7, 11) is 0. The van der Waals surface area contributed by atoms with E-state index in [9.17, 15) is 0 Å². The zero-order valence-electron chi connectivity index (χ0n) is 9.14. The zero-order valence-corrected chi connectivity index (χ0v) is 9.14. The standard InChI is InChI=1S/C12H24.CH4/c1-9(2)11-5-7-12(8-6-11)10(3)4;/h9-12H,5-8H2,1-4H3;1H4. The third-order valence-corrected chi connectivity index (χ3v) is 3.70. The Bertz CT molecular complexity index is 100. The van der Waals surface area contributed by atoms with Crippen LogP contribution in [-0.2, 0) is 0 Å². The number of rotatable bonds is 2. The molecule has 0 aromatic carbocycles. The van der Waals surface area contributed by atoms with Crippen molar-refractivity contribution in [2.45, 2.75) is 60.8 Å². The van der Waals surface area contributed by atoms with Crippen LogP contribution in [-0.4, -0.2) is 0 Å². The summed E-state index contributed by atoms with van der Waals surface area (Å²) in [5, 5.41) is 0. The normalized spacial score (nSPS) is 29.1. The first-order valence-corrected chi connectivity index (χ1v) is 5.61. The van der Waals surface area contributed by atoms with Gasteiger partial charge in [-0.15, -0.1) is 0 Å². The summed E-state index contributed by atoms with van der Waals surface area (Å²) in [6, 6.07) is 0. The highest BCUT2D eigenvalue weighted by Crippen LogP contribution is 2.36. The first-order chi connectivity index (χ1) is 5.61. The van der Waals surface area contributed by atoms with Crippen molar-refractivity contribution >= 4 is 0 Å². The molecule has 0 heteroatoms. The third kappa shape index (κ3) is 3.70. The Labute approximate surface area is 85.1 Å². The Kier molecular flexibility index (Phi) is 5.67. The van der Waals surface area contributed by atoms with Crippen molar-refractivity contribution in [3.8, 4) is 0 Å². The van der Waals surface area contributed by atoms with Crippen LogP contribution >= 0.6 is 0 Å². The van der Waals surface area contributed by atoms with E-state index in [1.165, 1.54) is 25.7 Å². The fraction of sp³-hybridized carbons (Fsp3) is 1.00. The van der Waals surface area contributed by atoms with E-state index in [0.29, 0.717) is 0 Å². The maximum absolute atomic E-state index is 2.38. The van der Waals surface area contributed by atoms with Gasteiger partial charge in [-0.2, -0.15) is 0 Å². The van der Waals surface area contributed by atoms with Crippen molar-refractivity contribution in [1.82, 2.24) is 0 Å². The third-order valence-electron chi connectivity index (χ3n) is 3.70. The molecule has 1 fully saturated rings. The number of hydrogen-bond donors (Lipinski definition) is 0. The molecule has 1 saturated carbocycles. The van der Waals surface area contributed by atoms with Crippen molar-refractivity contribution in [3.05, 3.63) is 0 Å². The van der Waals surface area contributed by atoms with Crippen LogP contribution in [0.2, 0.25) is 0 Å². The van der Waals surface area contributed by atoms with E-state index in [0.717, 1.165) is 23.7 Å². The van der Waals surface area contributed by atoms with Crippen LogP contribution in [0.4, 0.5) is 0 Å². The topological polar surface area (TPSA) is 0 Å². The van der Waals surface area contributed by atoms with E-state index in [1.54, 1.807) is 0 Å². The largest absolute Gasteiger partial charge is 0.0776 e. The molecule has 80 valence electrons. The van der Waals surface area contributed by atoms with Gasteiger partial charge < -0.3 is 0 Å². The van der Waals surface area contributed by atoms with Gasteiger partial charge in [0, 0.05) is 0 Å². The van der Waals surface area contributed by atoms with E-state index in [-0.39, 0.29) is 7.43 Å². The lowest BCUT2D eigenvalue weighted by Gasteiger charge is -2.32. The Morgan fingerprint density at radius 3 is 1.08 bits per heavy atom. The fourth-order valence-corrected chi connectivity index (χ4v) is 2.48. The van der Waals surface area contributed by atoms with Crippen molar-refractivity contribution in [3.63, 3.8) is 0 Å². The van der Waals surface area contributed by atoms with Crippen LogP contribution in [0.15, 0.2) is 0 Å². The summed E-state index contributed by atoms with van der Waals surface area (Å²) in [6.07, 6.45) is 5.95. The Balaban J connectivity index is 0.00000144. The monoisotopic (exact) mass is 184 g/mol. The molecule has 1 aliphatic rings. The van der Waals surface area contributed by atoms with Gasteiger partial charge in [0.25, 0.3) is 0 Å². The predicted octanol–water partition coefficient (Wildman–Crippen LogP) is 4.74. The maximum Gasteiger partial charge on any atom is -0.0391 e. The molecule has 0 heterocycles. The summed E-state index contributed by atoms with van der Waals surface area (Å²) in [6.45, 7) is 9.50. The summed E-state index contributed by atoms with van der Waals surface area (Å²) in [4.78, 5) is 0. The fourth-order valence-electron chi connectivity index (χ4n) is 2.48. The predicted molar refractivity (Wildman–Crippen MR) is 61.9 cm³/mol. The molecule has 0 radical (unpaired) electrons. The Morgan fingerprint density at radius 1 is 0.692 bits per heavy atom. The maximum atomic E-state index is 2.38. The van der Waals surface area contributed by atoms with Gasteiger partial charge in [-0.05, 0) is 49.4 Å². The van der Waals surface area contributed by atoms with Gasteiger partial charge in [-0.3, -0.25) is 0 Å². The van der Waals surface area contributed by atoms with Crippen LogP contribution < -0.4 is 0 Å². The lowest BCUT2D eigenvalue weighted by atomic mass is 9.73. The molecule has 0 spiro atoms. The summed E-state index contributed by atoms with van der Waals surface area (Å²) in [5.41, 5.74) is 0. The summed E-state index contributed by atoms with van der Waals surface area (Å²) in [5.74, 6) is 3.89. The molecule has 13 heavy (non-hydrogen) atoms. The average molecular weight is 184 g/mol. The van der Waals surface area contributed by atoms with Crippen molar-refractivity contribution < 1.29 is 0 Å². The van der Waals surface area contributed by atoms with Crippen molar-refractivity contribution in [2.75, 3.05) is 0 Å². The molecule has 0 N–H and O–H groups in total. The summed E-state index contributed by atoms with van der Waals surface area (Å²) < 4.78 is 0. The minimum Gasteiger partial charge on any atom is -0.0776 e. The van der Waals surface area contributed by atoms with E-state index in [4.69, 9.17) is 0 Å². The molecule has 0 aromatic rings. The number of hydrogen-bond acceptors (Lipinski definition) is 0. The molecule has 1 rings (SSSR count). The molecule has 0 amide bonds. The lowest BCUT2D eigenvalue weighted by Crippen LogP contribution is -2.21. The highest BCUT2D eigenvalue weighted by atomic mass is 14.3. The van der Waals surface area contributed by atoms with Gasteiger partial charge in [-0.25, -0.2) is 0 Å². The van der Waals surface area contributed by atoms with Crippen LogP contribution in [0.5, 0.6) is 0 Å². The van der Waals surface area contributed by atoms with Gasteiger partial charge in [0.1, 0.15) is 0 Å². The van der Waals surface area contributed by atoms with Gasteiger partial charge in [0.05, 0.1) is 0 Å². The first kappa shape index (κ1) is 13.0. The minimum atomic E-state index is 0. The van der Waals surface area contributed by atoms with Gasteiger partial charge in [0.2, 0.25) is 0 Å². The second-order valence-corrected chi connectivity index (χ2v) is 5.16. The van der Waals surface area contributed by atoms with E-state index in [2.05, 4.69) is 27.7 Å². The van der Waals surface area contributed by atoms with Crippen LogP contribution in [0, 0.1) is 23.7 Å². The van der Waals surface area contributed by atoms with Gasteiger partial charge in [-0.1, -0.05) is 35.1 Å².